The van der Waals surface area contributed by atoms with Crippen molar-refractivity contribution in [2.24, 2.45) is 5.73 Å². The summed E-state index contributed by atoms with van der Waals surface area (Å²) in [6.45, 7) is 1.25. The molecule has 1 aromatic carbocycles. The molecule has 1 saturated carbocycles. The highest BCUT2D eigenvalue weighted by Crippen LogP contribution is 2.44. The van der Waals surface area contributed by atoms with E-state index in [2.05, 4.69) is 15.9 Å². The molecule has 0 bridgehead atoms. The number of halogens is 1. The second-order valence-electron chi connectivity index (χ2n) is 4.59. The number of rotatable bonds is 2. The van der Waals surface area contributed by atoms with Crippen LogP contribution in [0.4, 0.5) is 0 Å². The van der Waals surface area contributed by atoms with Crippen LogP contribution < -0.4 is 15.2 Å². The smallest absolute Gasteiger partial charge is 0.165 e. The number of hydrogen-bond acceptors (Lipinski definition) is 3. The first-order valence-electron chi connectivity index (χ1n) is 5.54. The highest BCUT2D eigenvalue weighted by Gasteiger charge is 2.39. The first kappa shape index (κ1) is 10.4. The largest absolute Gasteiger partial charge is 0.486 e. The Balaban J connectivity index is 2.00. The van der Waals surface area contributed by atoms with Gasteiger partial charge < -0.3 is 15.2 Å². The zero-order valence-electron chi connectivity index (χ0n) is 8.96. The molecule has 0 saturated heterocycles. The Morgan fingerprint density at radius 3 is 2.75 bits per heavy atom. The van der Waals surface area contributed by atoms with Crippen LogP contribution in [-0.4, -0.2) is 18.8 Å². The molecule has 1 fully saturated rings. The second-order valence-corrected chi connectivity index (χ2v) is 5.44. The Bertz CT molecular complexity index is 429. The molecule has 3 rings (SSSR count). The van der Waals surface area contributed by atoms with Crippen LogP contribution in [-0.2, 0) is 6.42 Å². The normalized spacial score (nSPS) is 20.6. The average molecular weight is 284 g/mol. The lowest BCUT2D eigenvalue weighted by molar-refractivity contribution is 0.169. The summed E-state index contributed by atoms with van der Waals surface area (Å²) in [6.07, 6.45) is 3.06. The highest BCUT2D eigenvalue weighted by molar-refractivity contribution is 9.10. The minimum Gasteiger partial charge on any atom is -0.486 e. The number of nitrogens with two attached hydrogens (primary N) is 1. The summed E-state index contributed by atoms with van der Waals surface area (Å²) in [4.78, 5) is 0. The van der Waals surface area contributed by atoms with Crippen LogP contribution in [0.1, 0.15) is 18.4 Å². The summed E-state index contributed by atoms with van der Waals surface area (Å²) in [5, 5.41) is 0. The summed E-state index contributed by atoms with van der Waals surface area (Å²) in [5.74, 6) is 1.71. The van der Waals surface area contributed by atoms with E-state index in [0.717, 1.165) is 40.8 Å². The van der Waals surface area contributed by atoms with Gasteiger partial charge in [-0.05, 0) is 31.4 Å². The van der Waals surface area contributed by atoms with Crippen molar-refractivity contribution in [2.45, 2.75) is 24.8 Å². The van der Waals surface area contributed by atoms with Gasteiger partial charge >= 0.3 is 0 Å². The van der Waals surface area contributed by atoms with E-state index in [1.165, 1.54) is 0 Å². The van der Waals surface area contributed by atoms with Crippen LogP contribution in [0.3, 0.4) is 0 Å². The molecule has 86 valence electrons. The van der Waals surface area contributed by atoms with Crippen molar-refractivity contribution in [3.8, 4) is 11.5 Å². The molecule has 4 heteroatoms. The zero-order valence-corrected chi connectivity index (χ0v) is 10.5. The molecule has 0 atom stereocenters. The molecular formula is C12H14BrNO2. The molecule has 1 aromatic rings. The van der Waals surface area contributed by atoms with Crippen LogP contribution in [0.15, 0.2) is 16.6 Å². The topological polar surface area (TPSA) is 44.5 Å². The molecule has 1 aliphatic carbocycles. The van der Waals surface area contributed by atoms with Crippen LogP contribution in [0.25, 0.3) is 0 Å². The van der Waals surface area contributed by atoms with Gasteiger partial charge in [-0.15, -0.1) is 0 Å². The summed E-state index contributed by atoms with van der Waals surface area (Å²) < 4.78 is 12.3. The summed E-state index contributed by atoms with van der Waals surface area (Å²) >= 11 is 3.56. The van der Waals surface area contributed by atoms with Crippen molar-refractivity contribution < 1.29 is 9.47 Å². The predicted octanol–water partition coefficient (Wildman–Crippen LogP) is 2.25. The van der Waals surface area contributed by atoms with Gasteiger partial charge in [0.2, 0.25) is 0 Å². The molecular weight excluding hydrogens is 270 g/mol. The monoisotopic (exact) mass is 283 g/mol. The zero-order chi connectivity index (χ0) is 11.2. The van der Waals surface area contributed by atoms with Crippen LogP contribution in [0.2, 0.25) is 0 Å². The SMILES string of the molecule is NC1(Cc2c(Br)ccc3c2OCCO3)CC1. The number of benzene rings is 1. The number of hydrogen-bond donors (Lipinski definition) is 1. The third-order valence-corrected chi connectivity index (χ3v) is 3.92. The average Bonchev–Trinajstić information content (AvgIpc) is 3.01. The van der Waals surface area contributed by atoms with Gasteiger partial charge in [0.1, 0.15) is 13.2 Å². The van der Waals surface area contributed by atoms with E-state index in [0.29, 0.717) is 13.2 Å². The van der Waals surface area contributed by atoms with E-state index in [1.807, 2.05) is 12.1 Å². The first-order chi connectivity index (χ1) is 7.68. The van der Waals surface area contributed by atoms with Crippen molar-refractivity contribution in [2.75, 3.05) is 13.2 Å². The Labute approximate surface area is 103 Å². The van der Waals surface area contributed by atoms with E-state index in [1.54, 1.807) is 0 Å². The molecule has 0 aromatic heterocycles. The lowest BCUT2D eigenvalue weighted by atomic mass is 10.0. The maximum absolute atomic E-state index is 6.16. The van der Waals surface area contributed by atoms with Crippen molar-refractivity contribution in [3.63, 3.8) is 0 Å². The minimum absolute atomic E-state index is 0.0154. The molecule has 0 spiro atoms. The van der Waals surface area contributed by atoms with E-state index in [-0.39, 0.29) is 5.54 Å². The minimum atomic E-state index is -0.0154. The Kier molecular flexibility index (Phi) is 2.37. The molecule has 2 N–H and O–H groups in total. The van der Waals surface area contributed by atoms with Crippen molar-refractivity contribution >= 4 is 15.9 Å². The van der Waals surface area contributed by atoms with Crippen LogP contribution in [0, 0.1) is 0 Å². The van der Waals surface area contributed by atoms with Crippen molar-refractivity contribution in [1.29, 1.82) is 0 Å². The lowest BCUT2D eigenvalue weighted by Gasteiger charge is -2.23. The van der Waals surface area contributed by atoms with Gasteiger partial charge in [0.15, 0.2) is 11.5 Å². The molecule has 2 aliphatic rings. The van der Waals surface area contributed by atoms with Crippen LogP contribution >= 0.6 is 15.9 Å². The fraction of sp³-hybridized carbons (Fsp3) is 0.500. The Morgan fingerprint density at radius 1 is 1.25 bits per heavy atom. The van der Waals surface area contributed by atoms with Crippen molar-refractivity contribution in [3.05, 3.63) is 22.2 Å². The molecule has 0 unspecified atom stereocenters. The van der Waals surface area contributed by atoms with E-state index >= 15 is 0 Å². The lowest BCUT2D eigenvalue weighted by Crippen LogP contribution is -2.26. The highest BCUT2D eigenvalue weighted by atomic mass is 79.9. The first-order valence-corrected chi connectivity index (χ1v) is 6.33. The summed E-state index contributed by atoms with van der Waals surface area (Å²) in [5.41, 5.74) is 7.30. The molecule has 0 amide bonds. The fourth-order valence-corrected chi connectivity index (χ4v) is 2.46. The fourth-order valence-electron chi connectivity index (χ4n) is 2.00. The van der Waals surface area contributed by atoms with E-state index in [9.17, 15) is 0 Å². The van der Waals surface area contributed by atoms with Gasteiger partial charge in [-0.25, -0.2) is 0 Å². The van der Waals surface area contributed by atoms with Gasteiger partial charge in [0, 0.05) is 15.6 Å². The van der Waals surface area contributed by atoms with Gasteiger partial charge in [-0.1, -0.05) is 15.9 Å². The molecule has 0 radical (unpaired) electrons. The standard InChI is InChI=1S/C12H14BrNO2/c13-9-1-2-10-11(16-6-5-15-10)8(9)7-12(14)3-4-12/h1-2H,3-7,14H2. The molecule has 3 nitrogen and oxygen atoms in total. The molecule has 1 aliphatic heterocycles. The third kappa shape index (κ3) is 1.80. The third-order valence-electron chi connectivity index (χ3n) is 3.18. The Morgan fingerprint density at radius 2 is 2.00 bits per heavy atom. The Hall–Kier alpha value is -0.740. The van der Waals surface area contributed by atoms with Crippen molar-refractivity contribution in [1.82, 2.24) is 0 Å². The van der Waals surface area contributed by atoms with Crippen LogP contribution in [0.5, 0.6) is 11.5 Å². The number of ether oxygens (including phenoxy) is 2. The maximum atomic E-state index is 6.16. The van der Waals surface area contributed by atoms with E-state index < -0.39 is 0 Å². The summed E-state index contributed by atoms with van der Waals surface area (Å²) in [6, 6.07) is 3.95. The maximum Gasteiger partial charge on any atom is 0.165 e. The molecule has 1 heterocycles. The molecule has 16 heavy (non-hydrogen) atoms. The summed E-state index contributed by atoms with van der Waals surface area (Å²) in [7, 11) is 0. The van der Waals surface area contributed by atoms with Gasteiger partial charge in [0.25, 0.3) is 0 Å². The quantitative estimate of drug-likeness (QED) is 0.906. The van der Waals surface area contributed by atoms with Gasteiger partial charge in [0.05, 0.1) is 0 Å². The predicted molar refractivity (Wildman–Crippen MR) is 65.0 cm³/mol. The van der Waals surface area contributed by atoms with Gasteiger partial charge in [-0.2, -0.15) is 0 Å². The van der Waals surface area contributed by atoms with Gasteiger partial charge in [-0.3, -0.25) is 0 Å². The second kappa shape index (κ2) is 3.64. The van der Waals surface area contributed by atoms with E-state index in [4.69, 9.17) is 15.2 Å². The number of fused-ring (bicyclic) bond motifs is 1.